The number of aromatic nitrogens is 4. The summed E-state index contributed by atoms with van der Waals surface area (Å²) >= 11 is 3.99. The average Bonchev–Trinajstić information content (AvgIpc) is 3.11. The Kier molecular flexibility index (Phi) is 7.55. The lowest BCUT2D eigenvalue weighted by atomic mass is 10.4. The van der Waals surface area contributed by atoms with Crippen LogP contribution in [-0.4, -0.2) is 30.2 Å². The van der Waals surface area contributed by atoms with E-state index in [1.165, 1.54) is 11.5 Å². The van der Waals surface area contributed by atoms with Gasteiger partial charge in [0.05, 0.1) is 11.4 Å². The molecule has 106 valence electrons. The molecular formula is C11H12N4O2S3. The van der Waals surface area contributed by atoms with Crippen LogP contribution in [0.1, 0.15) is 21.1 Å². The second-order valence-electron chi connectivity index (χ2n) is 3.33. The number of carboxylic acid groups (broad SMARTS) is 1. The highest BCUT2D eigenvalue weighted by molar-refractivity contribution is 7.08. The van der Waals surface area contributed by atoms with Crippen LogP contribution < -0.4 is 0 Å². The van der Waals surface area contributed by atoms with Crippen LogP contribution >= 0.6 is 34.4 Å². The summed E-state index contributed by atoms with van der Waals surface area (Å²) in [4.78, 5) is 10.4. The van der Waals surface area contributed by atoms with Crippen molar-refractivity contribution in [2.24, 2.45) is 0 Å². The molecule has 0 atom stereocenters. The summed E-state index contributed by atoms with van der Waals surface area (Å²) in [7, 11) is 0. The van der Waals surface area contributed by atoms with Crippen LogP contribution in [0.3, 0.4) is 0 Å². The van der Waals surface area contributed by atoms with Gasteiger partial charge in [0.25, 0.3) is 0 Å². The molecule has 0 aliphatic heterocycles. The highest BCUT2D eigenvalue weighted by Gasteiger charge is 2.09. The molecule has 0 spiro atoms. The molecule has 0 saturated heterocycles. The fourth-order valence-corrected chi connectivity index (χ4v) is 2.24. The lowest BCUT2D eigenvalue weighted by Gasteiger charge is -1.82. The number of nitrogens with zero attached hydrogens (tertiary/aromatic N) is 4. The van der Waals surface area contributed by atoms with E-state index >= 15 is 0 Å². The smallest absolute Gasteiger partial charge is 0.349 e. The van der Waals surface area contributed by atoms with Crippen LogP contribution in [0.15, 0.2) is 28.3 Å². The summed E-state index contributed by atoms with van der Waals surface area (Å²) < 4.78 is 7.07. The topological polar surface area (TPSA) is 88.9 Å². The lowest BCUT2D eigenvalue weighted by molar-refractivity contribution is 0.0701. The van der Waals surface area contributed by atoms with Crippen molar-refractivity contribution in [3.05, 3.63) is 44.5 Å². The number of thiophene rings is 1. The van der Waals surface area contributed by atoms with Crippen molar-refractivity contribution in [3.63, 3.8) is 0 Å². The lowest BCUT2D eigenvalue weighted by Crippen LogP contribution is -1.94. The Morgan fingerprint density at radius 1 is 1.15 bits per heavy atom. The van der Waals surface area contributed by atoms with E-state index in [4.69, 9.17) is 5.11 Å². The van der Waals surface area contributed by atoms with Gasteiger partial charge >= 0.3 is 5.97 Å². The van der Waals surface area contributed by atoms with Gasteiger partial charge in [-0.05, 0) is 47.7 Å². The molecule has 0 aliphatic rings. The van der Waals surface area contributed by atoms with Gasteiger partial charge in [0, 0.05) is 5.38 Å². The third-order valence-corrected chi connectivity index (χ3v) is 3.81. The van der Waals surface area contributed by atoms with E-state index in [9.17, 15) is 4.79 Å². The average molecular weight is 328 g/mol. The Morgan fingerprint density at radius 2 is 1.85 bits per heavy atom. The van der Waals surface area contributed by atoms with E-state index in [0.29, 0.717) is 5.69 Å². The minimum Gasteiger partial charge on any atom is -0.477 e. The van der Waals surface area contributed by atoms with Gasteiger partial charge in [0.2, 0.25) is 0 Å². The predicted octanol–water partition coefficient (Wildman–Crippen LogP) is 3.14. The largest absolute Gasteiger partial charge is 0.477 e. The standard InChI is InChI=1S/C4H4N2O2S.C4H4S.C3H4N2S/c1-2-3(4(7)8)9-6-5-2;1-2-4-5-3-1;1-3-2-6-5-4-3/h1H3,(H,7,8);1-4H;2H,1H3. The Morgan fingerprint density at radius 3 is 2.05 bits per heavy atom. The fourth-order valence-electron chi connectivity index (χ4n) is 0.866. The third-order valence-electron chi connectivity index (χ3n) is 1.74. The summed E-state index contributed by atoms with van der Waals surface area (Å²) in [5.41, 5.74) is 1.48. The van der Waals surface area contributed by atoms with Crippen molar-refractivity contribution in [1.82, 2.24) is 19.2 Å². The van der Waals surface area contributed by atoms with E-state index in [1.807, 2.05) is 35.2 Å². The molecule has 0 aromatic carbocycles. The zero-order valence-corrected chi connectivity index (χ0v) is 13.2. The molecule has 6 nitrogen and oxygen atoms in total. The van der Waals surface area contributed by atoms with Crippen molar-refractivity contribution in [3.8, 4) is 0 Å². The first-order valence-electron chi connectivity index (χ1n) is 5.34. The SMILES string of the molecule is Cc1csnn1.Cc1nnsc1C(=O)O.c1ccsc1. The van der Waals surface area contributed by atoms with Crippen LogP contribution in [0, 0.1) is 13.8 Å². The number of hydrogen-bond donors (Lipinski definition) is 1. The van der Waals surface area contributed by atoms with Crippen LogP contribution in [0.2, 0.25) is 0 Å². The number of hydrogen-bond acceptors (Lipinski definition) is 8. The van der Waals surface area contributed by atoms with Crippen LogP contribution in [-0.2, 0) is 0 Å². The Labute approximate surface area is 128 Å². The fraction of sp³-hybridized carbons (Fsp3) is 0.182. The van der Waals surface area contributed by atoms with Gasteiger partial charge in [0.15, 0.2) is 4.88 Å². The van der Waals surface area contributed by atoms with Crippen molar-refractivity contribution in [1.29, 1.82) is 0 Å². The first-order chi connectivity index (χ1) is 9.61. The van der Waals surface area contributed by atoms with Crippen LogP contribution in [0.5, 0.6) is 0 Å². The summed E-state index contributed by atoms with van der Waals surface area (Å²) in [5.74, 6) is -0.956. The maximum absolute atomic E-state index is 10.2. The quantitative estimate of drug-likeness (QED) is 0.738. The van der Waals surface area contributed by atoms with Crippen molar-refractivity contribution >= 4 is 40.4 Å². The van der Waals surface area contributed by atoms with E-state index in [0.717, 1.165) is 17.2 Å². The molecule has 0 bridgehead atoms. The number of aromatic carboxylic acids is 1. The molecular weight excluding hydrogens is 316 g/mol. The molecule has 0 aliphatic carbocycles. The summed E-state index contributed by atoms with van der Waals surface area (Å²) in [6, 6.07) is 4.04. The van der Waals surface area contributed by atoms with E-state index in [-0.39, 0.29) is 4.88 Å². The maximum atomic E-state index is 10.2. The number of carboxylic acids is 1. The number of carbonyl (C=O) groups is 1. The predicted molar refractivity (Wildman–Crippen MR) is 80.6 cm³/mol. The van der Waals surface area contributed by atoms with Gasteiger partial charge in [-0.25, -0.2) is 4.79 Å². The minimum atomic E-state index is -0.956. The third kappa shape index (κ3) is 6.45. The molecule has 3 heterocycles. The van der Waals surface area contributed by atoms with Crippen LogP contribution in [0.25, 0.3) is 0 Å². The summed E-state index contributed by atoms with van der Waals surface area (Å²) in [6.45, 7) is 3.54. The molecule has 3 aromatic rings. The minimum absolute atomic E-state index is 0.218. The molecule has 1 N–H and O–H groups in total. The molecule has 0 saturated carbocycles. The second-order valence-corrected chi connectivity index (χ2v) is 5.51. The Hall–Kier alpha value is -1.71. The van der Waals surface area contributed by atoms with Crippen molar-refractivity contribution in [2.45, 2.75) is 13.8 Å². The molecule has 0 unspecified atom stereocenters. The zero-order chi connectivity index (χ0) is 14.8. The van der Waals surface area contributed by atoms with Gasteiger partial charge in [-0.2, -0.15) is 11.3 Å². The Bertz CT molecular complexity index is 576. The normalized spacial score (nSPS) is 8.90. The molecule has 0 fully saturated rings. The highest BCUT2D eigenvalue weighted by atomic mass is 32.1. The van der Waals surface area contributed by atoms with Crippen molar-refractivity contribution in [2.75, 3.05) is 0 Å². The molecule has 9 heteroatoms. The highest BCUT2D eigenvalue weighted by Crippen LogP contribution is 2.07. The van der Waals surface area contributed by atoms with E-state index in [2.05, 4.69) is 19.2 Å². The maximum Gasteiger partial charge on any atom is 0.349 e. The molecule has 0 radical (unpaired) electrons. The van der Waals surface area contributed by atoms with Gasteiger partial charge < -0.3 is 5.11 Å². The van der Waals surface area contributed by atoms with E-state index < -0.39 is 5.97 Å². The van der Waals surface area contributed by atoms with Crippen LogP contribution in [0.4, 0.5) is 0 Å². The molecule has 20 heavy (non-hydrogen) atoms. The first-order valence-corrected chi connectivity index (χ1v) is 7.89. The summed E-state index contributed by atoms with van der Waals surface area (Å²) in [6.07, 6.45) is 0. The molecule has 3 aromatic heterocycles. The van der Waals surface area contributed by atoms with Crippen molar-refractivity contribution < 1.29 is 9.90 Å². The van der Waals surface area contributed by atoms with Gasteiger partial charge in [-0.3, -0.25) is 0 Å². The number of aryl methyl sites for hydroxylation is 2. The first kappa shape index (κ1) is 16.3. The van der Waals surface area contributed by atoms with E-state index in [1.54, 1.807) is 18.3 Å². The molecule has 0 amide bonds. The van der Waals surface area contributed by atoms with Gasteiger partial charge in [-0.15, -0.1) is 10.2 Å². The van der Waals surface area contributed by atoms with Gasteiger partial charge in [-0.1, -0.05) is 21.1 Å². The second kappa shape index (κ2) is 9.23. The number of rotatable bonds is 1. The monoisotopic (exact) mass is 328 g/mol. The molecule has 3 rings (SSSR count). The van der Waals surface area contributed by atoms with Gasteiger partial charge in [0.1, 0.15) is 0 Å². The Balaban J connectivity index is 0.000000158. The summed E-state index contributed by atoms with van der Waals surface area (Å²) in [5, 5.41) is 21.6. The zero-order valence-electron chi connectivity index (χ0n) is 10.8.